The Bertz CT molecular complexity index is 502. The van der Waals surface area contributed by atoms with Crippen molar-refractivity contribution in [2.75, 3.05) is 13.7 Å². The highest BCUT2D eigenvalue weighted by molar-refractivity contribution is 5.82. The summed E-state index contributed by atoms with van der Waals surface area (Å²) in [5.41, 5.74) is -0.866. The van der Waals surface area contributed by atoms with E-state index in [0.717, 1.165) is 12.8 Å². The second-order valence-electron chi connectivity index (χ2n) is 5.78. The Morgan fingerprint density at radius 1 is 1.48 bits per heavy atom. The van der Waals surface area contributed by atoms with Gasteiger partial charge in [-0.1, -0.05) is 6.07 Å². The molecule has 2 rings (SSSR count). The summed E-state index contributed by atoms with van der Waals surface area (Å²) in [7, 11) is 1.38. The Hall–Kier alpha value is -1.62. The number of halogens is 1. The third-order valence-electron chi connectivity index (χ3n) is 3.63. The molecule has 1 saturated carbocycles. The first-order valence-electron chi connectivity index (χ1n) is 7.22. The SMILES string of the molecule is COC(=O)C(COc1cccc(F)c1)(NC(C)C)C1CC1. The minimum absolute atomic E-state index is 0.112. The highest BCUT2D eigenvalue weighted by atomic mass is 19.1. The van der Waals surface area contributed by atoms with Crippen LogP contribution in [0.2, 0.25) is 0 Å². The van der Waals surface area contributed by atoms with Crippen molar-refractivity contribution >= 4 is 5.97 Å². The van der Waals surface area contributed by atoms with Crippen molar-refractivity contribution in [2.45, 2.75) is 38.3 Å². The quantitative estimate of drug-likeness (QED) is 0.785. The molecule has 0 aromatic heterocycles. The third kappa shape index (κ3) is 3.73. The molecule has 1 aliphatic rings. The molecule has 1 aliphatic carbocycles. The number of carbonyl (C=O) groups is 1. The fraction of sp³-hybridized carbons (Fsp3) is 0.562. The minimum Gasteiger partial charge on any atom is -0.491 e. The van der Waals surface area contributed by atoms with Gasteiger partial charge in [0.15, 0.2) is 5.54 Å². The Morgan fingerprint density at radius 3 is 2.71 bits per heavy atom. The van der Waals surface area contributed by atoms with Gasteiger partial charge in [0.25, 0.3) is 0 Å². The molecule has 4 nitrogen and oxygen atoms in total. The largest absolute Gasteiger partial charge is 0.491 e. The van der Waals surface area contributed by atoms with E-state index in [1.165, 1.54) is 19.2 Å². The number of rotatable bonds is 7. The second kappa shape index (κ2) is 6.43. The van der Waals surface area contributed by atoms with E-state index in [9.17, 15) is 9.18 Å². The van der Waals surface area contributed by atoms with E-state index in [1.54, 1.807) is 12.1 Å². The Labute approximate surface area is 124 Å². The normalized spacial score (nSPS) is 17.4. The third-order valence-corrected chi connectivity index (χ3v) is 3.63. The van der Waals surface area contributed by atoms with E-state index in [1.807, 2.05) is 13.8 Å². The Kier molecular flexibility index (Phi) is 4.83. The van der Waals surface area contributed by atoms with Gasteiger partial charge in [-0.05, 0) is 44.7 Å². The summed E-state index contributed by atoms with van der Waals surface area (Å²) in [5, 5.41) is 3.30. The molecule has 1 N–H and O–H groups in total. The lowest BCUT2D eigenvalue weighted by Crippen LogP contribution is -2.60. The van der Waals surface area contributed by atoms with Crippen LogP contribution in [0, 0.1) is 11.7 Å². The summed E-state index contributed by atoms with van der Waals surface area (Å²) in [6.45, 7) is 4.08. The number of methoxy groups -OCH3 is 1. The van der Waals surface area contributed by atoms with E-state index in [0.29, 0.717) is 5.75 Å². The molecule has 21 heavy (non-hydrogen) atoms. The van der Waals surface area contributed by atoms with Crippen LogP contribution in [0.1, 0.15) is 26.7 Å². The molecule has 0 heterocycles. The van der Waals surface area contributed by atoms with E-state index in [4.69, 9.17) is 9.47 Å². The lowest BCUT2D eigenvalue weighted by molar-refractivity contribution is -0.151. The second-order valence-corrected chi connectivity index (χ2v) is 5.78. The molecule has 0 amide bonds. The molecule has 1 atom stereocenters. The van der Waals surface area contributed by atoms with Crippen molar-refractivity contribution in [1.82, 2.24) is 5.32 Å². The van der Waals surface area contributed by atoms with Gasteiger partial charge >= 0.3 is 5.97 Å². The zero-order chi connectivity index (χ0) is 15.5. The number of nitrogens with one attached hydrogen (secondary N) is 1. The van der Waals surface area contributed by atoms with Crippen molar-refractivity contribution < 1.29 is 18.7 Å². The van der Waals surface area contributed by atoms with Crippen LogP contribution >= 0.6 is 0 Å². The summed E-state index contributed by atoms with van der Waals surface area (Å²) >= 11 is 0. The molecule has 5 heteroatoms. The number of ether oxygens (including phenoxy) is 2. The number of benzene rings is 1. The smallest absolute Gasteiger partial charge is 0.329 e. The molecule has 1 aromatic carbocycles. The maximum atomic E-state index is 13.2. The molecule has 1 fully saturated rings. The van der Waals surface area contributed by atoms with Gasteiger partial charge in [0.1, 0.15) is 18.2 Å². The first-order valence-corrected chi connectivity index (χ1v) is 7.22. The monoisotopic (exact) mass is 295 g/mol. The molecule has 0 spiro atoms. The highest BCUT2D eigenvalue weighted by Gasteiger charge is 2.53. The van der Waals surface area contributed by atoms with E-state index < -0.39 is 5.54 Å². The van der Waals surface area contributed by atoms with Gasteiger partial charge in [-0.2, -0.15) is 0 Å². The van der Waals surface area contributed by atoms with Crippen LogP contribution in [-0.2, 0) is 9.53 Å². The summed E-state index contributed by atoms with van der Waals surface area (Å²) in [5.74, 6) is -0.0788. The molecule has 1 unspecified atom stereocenters. The predicted molar refractivity (Wildman–Crippen MR) is 77.6 cm³/mol. The minimum atomic E-state index is -0.866. The van der Waals surface area contributed by atoms with Crippen LogP contribution in [-0.4, -0.2) is 31.3 Å². The molecule has 1 aromatic rings. The average Bonchev–Trinajstić information content (AvgIpc) is 3.27. The van der Waals surface area contributed by atoms with Gasteiger partial charge in [-0.3, -0.25) is 5.32 Å². The van der Waals surface area contributed by atoms with Crippen LogP contribution in [0.25, 0.3) is 0 Å². The molecule has 116 valence electrons. The standard InChI is InChI=1S/C16H22FNO3/c1-11(2)18-16(12-7-8-12,15(19)20-3)10-21-14-6-4-5-13(17)9-14/h4-6,9,11-12,18H,7-8,10H2,1-3H3. The zero-order valence-corrected chi connectivity index (χ0v) is 12.7. The molecule has 0 saturated heterocycles. The highest BCUT2D eigenvalue weighted by Crippen LogP contribution is 2.41. The molecule has 0 aliphatic heterocycles. The number of carbonyl (C=O) groups excluding carboxylic acids is 1. The Balaban J connectivity index is 2.16. The zero-order valence-electron chi connectivity index (χ0n) is 12.7. The van der Waals surface area contributed by atoms with Gasteiger partial charge in [0.2, 0.25) is 0 Å². The van der Waals surface area contributed by atoms with Gasteiger partial charge in [-0.15, -0.1) is 0 Å². The van der Waals surface area contributed by atoms with E-state index in [2.05, 4.69) is 5.32 Å². The van der Waals surface area contributed by atoms with Crippen molar-refractivity contribution in [3.8, 4) is 5.75 Å². The topological polar surface area (TPSA) is 47.6 Å². The van der Waals surface area contributed by atoms with Crippen LogP contribution in [0.5, 0.6) is 5.75 Å². The van der Waals surface area contributed by atoms with Crippen molar-refractivity contribution in [1.29, 1.82) is 0 Å². The molecule has 0 bridgehead atoms. The molecular formula is C16H22FNO3. The van der Waals surface area contributed by atoms with Gasteiger partial charge in [0.05, 0.1) is 7.11 Å². The summed E-state index contributed by atoms with van der Waals surface area (Å²) < 4.78 is 23.9. The van der Waals surface area contributed by atoms with Crippen LogP contribution in [0.4, 0.5) is 4.39 Å². The van der Waals surface area contributed by atoms with E-state index >= 15 is 0 Å². The number of hydrogen-bond donors (Lipinski definition) is 1. The average molecular weight is 295 g/mol. The van der Waals surface area contributed by atoms with Crippen LogP contribution in [0.3, 0.4) is 0 Å². The van der Waals surface area contributed by atoms with Gasteiger partial charge in [-0.25, -0.2) is 9.18 Å². The first kappa shape index (κ1) is 15.8. The summed E-state index contributed by atoms with van der Waals surface area (Å²) in [4.78, 5) is 12.3. The maximum absolute atomic E-state index is 13.2. The summed E-state index contributed by atoms with van der Waals surface area (Å²) in [6.07, 6.45) is 1.92. The predicted octanol–water partition coefficient (Wildman–Crippen LogP) is 2.52. The van der Waals surface area contributed by atoms with Crippen LogP contribution in [0.15, 0.2) is 24.3 Å². The lowest BCUT2D eigenvalue weighted by Gasteiger charge is -2.34. The summed E-state index contributed by atoms with van der Waals surface area (Å²) in [6, 6.07) is 6.03. The fourth-order valence-electron chi connectivity index (χ4n) is 2.59. The first-order chi connectivity index (χ1) is 9.98. The molecule has 0 radical (unpaired) electrons. The number of esters is 1. The number of hydrogen-bond acceptors (Lipinski definition) is 4. The van der Waals surface area contributed by atoms with Crippen LogP contribution < -0.4 is 10.1 Å². The van der Waals surface area contributed by atoms with Crippen molar-refractivity contribution in [3.63, 3.8) is 0 Å². The van der Waals surface area contributed by atoms with Gasteiger partial charge in [0, 0.05) is 12.1 Å². The Morgan fingerprint density at radius 2 is 2.19 bits per heavy atom. The fourth-order valence-corrected chi connectivity index (χ4v) is 2.59. The van der Waals surface area contributed by atoms with Gasteiger partial charge < -0.3 is 9.47 Å². The maximum Gasteiger partial charge on any atom is 0.329 e. The lowest BCUT2D eigenvalue weighted by atomic mass is 9.93. The van der Waals surface area contributed by atoms with Crippen molar-refractivity contribution in [3.05, 3.63) is 30.1 Å². The van der Waals surface area contributed by atoms with E-state index in [-0.39, 0.29) is 30.4 Å². The van der Waals surface area contributed by atoms with Crippen molar-refractivity contribution in [2.24, 2.45) is 5.92 Å². The molecular weight excluding hydrogens is 273 g/mol.